The molecule has 9 nitrogen and oxygen atoms in total. The highest BCUT2D eigenvalue weighted by Gasteiger charge is 2.70. The van der Waals surface area contributed by atoms with Crippen molar-refractivity contribution < 1.29 is 19.2 Å². The van der Waals surface area contributed by atoms with Gasteiger partial charge >= 0.3 is 0 Å². The highest BCUT2D eigenvalue weighted by molar-refractivity contribution is 6.03. The van der Waals surface area contributed by atoms with Crippen molar-refractivity contribution in [2.75, 3.05) is 0 Å². The summed E-state index contributed by atoms with van der Waals surface area (Å²) in [6, 6.07) is 3.12. The molecule has 2 aromatic heterocycles. The molecule has 0 spiro atoms. The number of allylic oxidation sites excluding steroid dienone is 4. The normalized spacial score (nSPS) is 37.3. The first-order valence-corrected chi connectivity index (χ1v) is 17.6. The number of aromatic nitrogens is 3. The van der Waals surface area contributed by atoms with Crippen molar-refractivity contribution in [1.29, 1.82) is 0 Å². The van der Waals surface area contributed by atoms with Gasteiger partial charge < -0.3 is 10.5 Å². The molecular formula is C40H47N5O4. The summed E-state index contributed by atoms with van der Waals surface area (Å²) in [6.07, 6.45) is 13.9. The Morgan fingerprint density at radius 3 is 2.39 bits per heavy atom. The van der Waals surface area contributed by atoms with Crippen molar-refractivity contribution in [3.05, 3.63) is 71.3 Å². The molecule has 0 aromatic carbocycles. The molecular weight excluding hydrogens is 614 g/mol. The first-order valence-electron chi connectivity index (χ1n) is 17.6. The number of carbonyl (C=O) groups excluding carboxylic acids is 4. The fourth-order valence-corrected chi connectivity index (χ4v) is 11.5. The summed E-state index contributed by atoms with van der Waals surface area (Å²) in [7, 11) is 0. The number of rotatable bonds is 3. The van der Waals surface area contributed by atoms with E-state index in [4.69, 9.17) is 12.3 Å². The Kier molecular flexibility index (Phi) is 7.08. The molecule has 2 heterocycles. The minimum absolute atomic E-state index is 0.0169. The molecule has 2 N–H and O–H groups in total. The zero-order valence-corrected chi connectivity index (χ0v) is 29.7. The number of ketones is 2. The fraction of sp³-hybridized carbons (Fsp3) is 0.575. The molecule has 5 aliphatic rings. The summed E-state index contributed by atoms with van der Waals surface area (Å²) in [6.45, 7) is 23.0. The molecule has 2 unspecified atom stereocenters. The van der Waals surface area contributed by atoms with Crippen molar-refractivity contribution in [1.82, 2.24) is 14.5 Å². The van der Waals surface area contributed by atoms with Crippen LogP contribution in [0.15, 0.2) is 54.3 Å². The van der Waals surface area contributed by atoms with Crippen LogP contribution < -0.4 is 5.73 Å². The summed E-state index contributed by atoms with van der Waals surface area (Å²) in [5.74, 6) is -1.18. The lowest BCUT2D eigenvalue weighted by Gasteiger charge is -2.69. The summed E-state index contributed by atoms with van der Waals surface area (Å²) >= 11 is 0. The molecule has 256 valence electrons. The van der Waals surface area contributed by atoms with Crippen molar-refractivity contribution in [3.63, 3.8) is 0 Å². The zero-order chi connectivity index (χ0) is 35.5. The Balaban J connectivity index is 1.32. The summed E-state index contributed by atoms with van der Waals surface area (Å²) in [4.78, 5) is 67.5. The summed E-state index contributed by atoms with van der Waals surface area (Å²) < 4.78 is 1.57. The molecule has 0 radical (unpaired) electrons. The monoisotopic (exact) mass is 661 g/mol. The lowest BCUT2D eigenvalue weighted by atomic mass is 9.34. The third-order valence-electron chi connectivity index (χ3n) is 14.4. The molecule has 1 amide bonds. The van der Waals surface area contributed by atoms with E-state index in [-0.39, 0.29) is 51.8 Å². The number of amides is 1. The number of nitrogens with two attached hydrogens (primary N) is 1. The van der Waals surface area contributed by atoms with E-state index in [1.54, 1.807) is 22.9 Å². The van der Waals surface area contributed by atoms with Crippen LogP contribution in [0, 0.1) is 56.8 Å². The van der Waals surface area contributed by atoms with Gasteiger partial charge in [-0.05, 0) is 91.2 Å². The van der Waals surface area contributed by atoms with Gasteiger partial charge in [0, 0.05) is 34.7 Å². The smallest absolute Gasteiger partial charge is 0.248 e. The van der Waals surface area contributed by atoms with Crippen LogP contribution >= 0.6 is 0 Å². The second kappa shape index (κ2) is 10.4. The van der Waals surface area contributed by atoms with Crippen LogP contribution in [0.5, 0.6) is 0 Å². The van der Waals surface area contributed by atoms with Crippen LogP contribution in [0.25, 0.3) is 16.2 Å². The maximum Gasteiger partial charge on any atom is 0.248 e. The van der Waals surface area contributed by atoms with Gasteiger partial charge in [-0.15, -0.1) is 0 Å². The lowest BCUT2D eigenvalue weighted by molar-refractivity contribution is -0.164. The van der Waals surface area contributed by atoms with Crippen molar-refractivity contribution >= 4 is 23.4 Å². The number of hydrogen-bond donors (Lipinski definition) is 1. The van der Waals surface area contributed by atoms with Crippen LogP contribution in [-0.2, 0) is 9.59 Å². The van der Waals surface area contributed by atoms with Gasteiger partial charge in [0.1, 0.15) is 12.0 Å². The molecule has 3 fully saturated rings. The Labute approximate surface area is 288 Å². The number of imidazole rings is 1. The fourth-order valence-electron chi connectivity index (χ4n) is 11.5. The Morgan fingerprint density at radius 2 is 1.69 bits per heavy atom. The third-order valence-corrected chi connectivity index (χ3v) is 14.4. The molecule has 0 aliphatic heterocycles. The van der Waals surface area contributed by atoms with E-state index in [2.05, 4.69) is 49.4 Å². The molecule has 3 saturated carbocycles. The number of pyridine rings is 1. The van der Waals surface area contributed by atoms with E-state index in [0.29, 0.717) is 36.2 Å². The molecule has 2 aromatic rings. The number of carbonyl (C=O) groups is 4. The van der Waals surface area contributed by atoms with Gasteiger partial charge in [0.25, 0.3) is 0 Å². The average molecular weight is 662 g/mol. The Hall–Kier alpha value is -4.19. The quantitative estimate of drug-likeness (QED) is 0.345. The van der Waals surface area contributed by atoms with Gasteiger partial charge in [-0.1, -0.05) is 60.1 Å². The SMILES string of the molecule is [C-]#[N+]C1=C[C@]2(C)C3=CC(=O)[C@@H]4C5CC(C)(C)CC[C@]5(C(=O)n5cnc(-c6cc(C(N)=O)ccn6)c5)CC[C@@]4(C)[C@]3(C)CCC2C(C)(C)C1=O. The first kappa shape index (κ1) is 33.3. The number of Topliss-reactive ketones (excluding diaryl/α,β-unsaturated/α-hetero) is 1. The number of primary amides is 1. The highest BCUT2D eigenvalue weighted by atomic mass is 16.2. The standard InChI is InChI=1S/C40H47N5O4/c1-35(2)12-14-40(34(49)45-21-27(44-22-45)25-17-23(33(41)48)10-16-43-25)15-13-39(7)31(24(40)19-35)28(46)18-30-37(5)20-26(42-8)32(47)36(3,4)29(37)9-11-38(30,39)6/h10,16-18,20-22,24,29,31H,9,11-15,19H2,1-7H3,(H2,41,48)/t24?,29?,31-,37-,38+,39+,40-/m0/s1. The van der Waals surface area contributed by atoms with Gasteiger partial charge in [0.2, 0.25) is 17.5 Å². The van der Waals surface area contributed by atoms with E-state index in [9.17, 15) is 19.2 Å². The van der Waals surface area contributed by atoms with E-state index in [1.165, 1.54) is 12.5 Å². The van der Waals surface area contributed by atoms with E-state index < -0.39 is 27.6 Å². The topological polar surface area (TPSA) is 129 Å². The van der Waals surface area contributed by atoms with Crippen LogP contribution in [0.2, 0.25) is 0 Å². The average Bonchev–Trinajstić information content (AvgIpc) is 3.54. The minimum Gasteiger partial charge on any atom is -0.366 e. The lowest BCUT2D eigenvalue weighted by Crippen LogP contribution is -2.66. The second-order valence-corrected chi connectivity index (χ2v) is 17.7. The maximum atomic E-state index is 14.9. The second-order valence-electron chi connectivity index (χ2n) is 17.7. The van der Waals surface area contributed by atoms with Crippen LogP contribution in [-0.4, -0.2) is 37.9 Å². The molecule has 49 heavy (non-hydrogen) atoms. The van der Waals surface area contributed by atoms with Gasteiger partial charge in [0.05, 0.1) is 17.7 Å². The molecule has 0 saturated heterocycles. The highest BCUT2D eigenvalue weighted by Crippen LogP contribution is 2.74. The zero-order valence-electron chi connectivity index (χ0n) is 29.7. The summed E-state index contributed by atoms with van der Waals surface area (Å²) in [5.41, 5.74) is 5.10. The maximum absolute atomic E-state index is 14.9. The van der Waals surface area contributed by atoms with Crippen molar-refractivity contribution in [2.24, 2.45) is 56.0 Å². The van der Waals surface area contributed by atoms with Gasteiger partial charge in [-0.25, -0.2) is 9.83 Å². The summed E-state index contributed by atoms with van der Waals surface area (Å²) in [5, 5.41) is 0. The number of nitrogens with zero attached hydrogens (tertiary/aromatic N) is 4. The minimum atomic E-state index is -0.741. The molecule has 7 rings (SSSR count). The number of hydrogen-bond acceptors (Lipinski definition) is 6. The molecule has 7 atom stereocenters. The van der Waals surface area contributed by atoms with E-state index in [1.807, 2.05) is 26.0 Å². The van der Waals surface area contributed by atoms with Gasteiger partial charge in [-0.3, -0.25) is 23.9 Å². The van der Waals surface area contributed by atoms with Crippen molar-refractivity contribution in [3.8, 4) is 11.4 Å². The predicted octanol–water partition coefficient (Wildman–Crippen LogP) is 7.26. The van der Waals surface area contributed by atoms with Gasteiger partial charge in [0.15, 0.2) is 11.6 Å². The predicted molar refractivity (Wildman–Crippen MR) is 184 cm³/mol. The van der Waals surface area contributed by atoms with Crippen LogP contribution in [0.4, 0.5) is 0 Å². The first-order chi connectivity index (χ1) is 22.8. The van der Waals surface area contributed by atoms with E-state index in [0.717, 1.165) is 31.3 Å². The van der Waals surface area contributed by atoms with Crippen LogP contribution in [0.1, 0.15) is 109 Å². The van der Waals surface area contributed by atoms with Crippen molar-refractivity contribution in [2.45, 2.75) is 93.4 Å². The molecule has 9 heteroatoms. The largest absolute Gasteiger partial charge is 0.366 e. The molecule has 5 aliphatic carbocycles. The van der Waals surface area contributed by atoms with Gasteiger partial charge in [-0.2, -0.15) is 0 Å². The Morgan fingerprint density at radius 1 is 0.980 bits per heavy atom. The molecule has 0 bridgehead atoms. The third kappa shape index (κ3) is 4.41. The van der Waals surface area contributed by atoms with E-state index >= 15 is 0 Å². The Bertz CT molecular complexity index is 1940. The number of fused-ring (bicyclic) bond motifs is 7. The van der Waals surface area contributed by atoms with Crippen LogP contribution in [0.3, 0.4) is 0 Å².